The summed E-state index contributed by atoms with van der Waals surface area (Å²) in [6, 6.07) is 5.97. The van der Waals surface area contributed by atoms with Crippen molar-refractivity contribution in [2.24, 2.45) is 0 Å². The Hall–Kier alpha value is -2.55. The van der Waals surface area contributed by atoms with E-state index in [2.05, 4.69) is 5.10 Å². The number of nitrogens with zero attached hydrogens (tertiary/aromatic N) is 3. The average Bonchev–Trinajstić information content (AvgIpc) is 3.10. The predicted molar refractivity (Wildman–Crippen MR) is 85.6 cm³/mol. The van der Waals surface area contributed by atoms with Gasteiger partial charge in [0.2, 0.25) is 0 Å². The third-order valence-electron chi connectivity index (χ3n) is 4.57. The molecule has 0 bridgehead atoms. The zero-order valence-corrected chi connectivity index (χ0v) is 13.7. The summed E-state index contributed by atoms with van der Waals surface area (Å²) in [7, 11) is 0. The first-order chi connectivity index (χ1) is 12.3. The van der Waals surface area contributed by atoms with Crippen molar-refractivity contribution in [3.8, 4) is 0 Å². The molecule has 1 saturated heterocycles. The number of benzene rings is 1. The summed E-state index contributed by atoms with van der Waals surface area (Å²) in [6.45, 7) is 0.827. The van der Waals surface area contributed by atoms with Gasteiger partial charge in [-0.15, -0.1) is 0 Å². The Balaban J connectivity index is 1.68. The van der Waals surface area contributed by atoms with Gasteiger partial charge in [-0.05, 0) is 36.6 Å². The van der Waals surface area contributed by atoms with E-state index in [4.69, 9.17) is 5.11 Å². The second-order valence-electron chi connectivity index (χ2n) is 6.24. The average molecular weight is 369 g/mol. The standard InChI is InChI=1S/C17H18F3N3O3/c18-17(19,20)12-3-1-11(2-4-12)15(24)14-7-10-23(21-14)13-5-8-22(9-6-13)16(25)26/h1-4,7,10,13,15,24H,5-6,8-9H2,(H,25,26). The molecule has 1 unspecified atom stereocenters. The Morgan fingerprint density at radius 1 is 1.15 bits per heavy atom. The van der Waals surface area contributed by atoms with Crippen LogP contribution in [0.15, 0.2) is 36.5 Å². The number of carbonyl (C=O) groups is 1. The number of likely N-dealkylation sites (tertiary alicyclic amines) is 1. The second-order valence-corrected chi connectivity index (χ2v) is 6.24. The highest BCUT2D eigenvalue weighted by atomic mass is 19.4. The molecule has 9 heteroatoms. The Morgan fingerprint density at radius 2 is 1.77 bits per heavy atom. The molecular formula is C17H18F3N3O3. The highest BCUT2D eigenvalue weighted by molar-refractivity contribution is 5.65. The number of aliphatic hydroxyl groups is 1. The van der Waals surface area contributed by atoms with Crippen molar-refractivity contribution in [3.63, 3.8) is 0 Å². The molecule has 2 aromatic rings. The van der Waals surface area contributed by atoms with E-state index < -0.39 is 23.9 Å². The van der Waals surface area contributed by atoms with Crippen LogP contribution in [0.3, 0.4) is 0 Å². The quantitative estimate of drug-likeness (QED) is 0.870. The summed E-state index contributed by atoms with van der Waals surface area (Å²) in [5.74, 6) is 0. The lowest BCUT2D eigenvalue weighted by Gasteiger charge is -2.30. The molecule has 0 aliphatic carbocycles. The number of halogens is 3. The van der Waals surface area contributed by atoms with Gasteiger partial charge in [-0.1, -0.05) is 12.1 Å². The number of carboxylic acid groups (broad SMARTS) is 1. The number of hydrogen-bond acceptors (Lipinski definition) is 3. The number of aromatic nitrogens is 2. The van der Waals surface area contributed by atoms with Crippen molar-refractivity contribution >= 4 is 6.09 Å². The van der Waals surface area contributed by atoms with Gasteiger partial charge in [0.1, 0.15) is 6.10 Å². The molecule has 0 radical (unpaired) electrons. The zero-order valence-electron chi connectivity index (χ0n) is 13.7. The Morgan fingerprint density at radius 3 is 2.31 bits per heavy atom. The fourth-order valence-corrected chi connectivity index (χ4v) is 3.05. The molecule has 2 heterocycles. The third kappa shape index (κ3) is 3.82. The van der Waals surface area contributed by atoms with Crippen LogP contribution in [0, 0.1) is 0 Å². The molecule has 140 valence electrons. The topological polar surface area (TPSA) is 78.6 Å². The number of alkyl halides is 3. The number of amides is 1. The van der Waals surface area contributed by atoms with E-state index >= 15 is 0 Å². The van der Waals surface area contributed by atoms with E-state index in [0.29, 0.717) is 37.2 Å². The molecule has 3 rings (SSSR count). The largest absolute Gasteiger partial charge is 0.465 e. The van der Waals surface area contributed by atoms with Gasteiger partial charge < -0.3 is 15.1 Å². The van der Waals surface area contributed by atoms with Gasteiger partial charge in [0.25, 0.3) is 0 Å². The van der Waals surface area contributed by atoms with Gasteiger partial charge in [0.15, 0.2) is 0 Å². The van der Waals surface area contributed by atoms with Crippen molar-refractivity contribution in [1.82, 2.24) is 14.7 Å². The maximum atomic E-state index is 12.6. The van der Waals surface area contributed by atoms with Crippen molar-refractivity contribution in [1.29, 1.82) is 0 Å². The van der Waals surface area contributed by atoms with Crippen LogP contribution in [0.5, 0.6) is 0 Å². The maximum Gasteiger partial charge on any atom is 0.416 e. The van der Waals surface area contributed by atoms with E-state index in [9.17, 15) is 23.1 Å². The number of aliphatic hydroxyl groups excluding tert-OH is 1. The summed E-state index contributed by atoms with van der Waals surface area (Å²) < 4.78 is 39.5. The van der Waals surface area contributed by atoms with Crippen LogP contribution in [0.2, 0.25) is 0 Å². The first-order valence-corrected chi connectivity index (χ1v) is 8.14. The Kier molecular flexibility index (Phi) is 4.90. The van der Waals surface area contributed by atoms with Gasteiger partial charge in [-0.2, -0.15) is 18.3 Å². The molecule has 1 aromatic heterocycles. The fraction of sp³-hybridized carbons (Fsp3) is 0.412. The van der Waals surface area contributed by atoms with Crippen LogP contribution < -0.4 is 0 Å². The Labute approximate surface area is 147 Å². The van der Waals surface area contributed by atoms with Crippen LogP contribution in [-0.4, -0.2) is 44.1 Å². The summed E-state index contributed by atoms with van der Waals surface area (Å²) in [5.41, 5.74) is -0.112. The molecule has 26 heavy (non-hydrogen) atoms. The van der Waals surface area contributed by atoms with Crippen molar-refractivity contribution in [3.05, 3.63) is 53.3 Å². The molecule has 0 saturated carbocycles. The maximum absolute atomic E-state index is 12.6. The smallest absolute Gasteiger partial charge is 0.416 e. The number of piperidine rings is 1. The van der Waals surface area contributed by atoms with E-state index in [1.165, 1.54) is 17.0 Å². The fourth-order valence-electron chi connectivity index (χ4n) is 3.05. The van der Waals surface area contributed by atoms with Crippen LogP contribution in [0.4, 0.5) is 18.0 Å². The monoisotopic (exact) mass is 369 g/mol. The van der Waals surface area contributed by atoms with Crippen LogP contribution in [0.1, 0.15) is 41.8 Å². The van der Waals surface area contributed by atoms with Crippen LogP contribution >= 0.6 is 0 Å². The van der Waals surface area contributed by atoms with Gasteiger partial charge in [-0.25, -0.2) is 4.79 Å². The van der Waals surface area contributed by atoms with Crippen LogP contribution in [0.25, 0.3) is 0 Å². The molecule has 2 N–H and O–H groups in total. The van der Waals surface area contributed by atoms with E-state index in [0.717, 1.165) is 12.1 Å². The molecule has 1 atom stereocenters. The lowest BCUT2D eigenvalue weighted by atomic mass is 10.0. The molecule has 6 nitrogen and oxygen atoms in total. The lowest BCUT2D eigenvalue weighted by molar-refractivity contribution is -0.137. The molecular weight excluding hydrogens is 351 g/mol. The van der Waals surface area contributed by atoms with E-state index in [-0.39, 0.29) is 6.04 Å². The second kappa shape index (κ2) is 6.99. The highest BCUT2D eigenvalue weighted by Gasteiger charge is 2.30. The number of rotatable bonds is 3. The summed E-state index contributed by atoms with van der Waals surface area (Å²) >= 11 is 0. The van der Waals surface area contributed by atoms with Gasteiger partial charge in [0.05, 0.1) is 17.3 Å². The van der Waals surface area contributed by atoms with E-state index in [1.54, 1.807) is 16.9 Å². The molecule has 1 aromatic carbocycles. The molecule has 1 aliphatic heterocycles. The molecule has 0 spiro atoms. The first-order valence-electron chi connectivity index (χ1n) is 8.14. The third-order valence-corrected chi connectivity index (χ3v) is 4.57. The van der Waals surface area contributed by atoms with E-state index in [1.807, 2.05) is 0 Å². The summed E-state index contributed by atoms with van der Waals surface area (Å²) in [4.78, 5) is 12.3. The highest BCUT2D eigenvalue weighted by Crippen LogP contribution is 2.31. The molecule has 1 aliphatic rings. The minimum atomic E-state index is -4.42. The van der Waals surface area contributed by atoms with Crippen LogP contribution in [-0.2, 0) is 6.18 Å². The lowest BCUT2D eigenvalue weighted by Crippen LogP contribution is -2.38. The van der Waals surface area contributed by atoms with Crippen molar-refractivity contribution in [2.75, 3.05) is 13.1 Å². The predicted octanol–water partition coefficient (Wildman–Crippen LogP) is 3.30. The minimum Gasteiger partial charge on any atom is -0.465 e. The summed E-state index contributed by atoms with van der Waals surface area (Å²) in [6.07, 6.45) is -3.56. The minimum absolute atomic E-state index is 0.0270. The molecule has 1 amide bonds. The Bertz CT molecular complexity index is 766. The van der Waals surface area contributed by atoms with Crippen molar-refractivity contribution < 1.29 is 28.2 Å². The van der Waals surface area contributed by atoms with Gasteiger partial charge >= 0.3 is 12.3 Å². The first kappa shape index (κ1) is 18.2. The normalized spacial score (nSPS) is 17.3. The molecule has 1 fully saturated rings. The number of hydrogen-bond donors (Lipinski definition) is 2. The summed E-state index contributed by atoms with van der Waals surface area (Å²) in [5, 5.41) is 23.7. The zero-order chi connectivity index (χ0) is 18.9. The SMILES string of the molecule is O=C(O)N1CCC(n2ccc(C(O)c3ccc(C(F)(F)F)cc3)n2)CC1. The van der Waals surface area contributed by atoms with Crippen molar-refractivity contribution in [2.45, 2.75) is 31.2 Å². The van der Waals surface area contributed by atoms with Gasteiger partial charge in [-0.3, -0.25) is 4.68 Å². The van der Waals surface area contributed by atoms with Gasteiger partial charge in [0, 0.05) is 19.3 Å².